The fourth-order valence-electron chi connectivity index (χ4n) is 4.54. The summed E-state index contributed by atoms with van der Waals surface area (Å²) in [6.45, 7) is 1.66. The summed E-state index contributed by atoms with van der Waals surface area (Å²) in [5.74, 6) is 1.73. The number of nitrogens with one attached hydrogen (secondary N) is 3. The van der Waals surface area contributed by atoms with Crippen LogP contribution >= 0.6 is 22.6 Å². The molecule has 0 unspecified atom stereocenters. The van der Waals surface area contributed by atoms with Gasteiger partial charge < -0.3 is 26.0 Å². The third-order valence-corrected chi connectivity index (χ3v) is 7.75. The van der Waals surface area contributed by atoms with Gasteiger partial charge in [-0.05, 0) is 97.0 Å². The Morgan fingerprint density at radius 1 is 0.974 bits per heavy atom. The molecular formula is C28H31IN6O3. The second kappa shape index (κ2) is 12.1. The average Bonchev–Trinajstić information content (AvgIpc) is 3.78. The van der Waals surface area contributed by atoms with E-state index < -0.39 is 0 Å². The number of piperidine rings is 1. The first-order valence-electron chi connectivity index (χ1n) is 13.0. The van der Waals surface area contributed by atoms with Crippen molar-refractivity contribution in [3.05, 3.63) is 63.9 Å². The molecule has 1 saturated heterocycles. The highest BCUT2D eigenvalue weighted by Crippen LogP contribution is 2.33. The standard InChI is InChI=1S/C28H31IN6O3/c29-22-17-30-28(34-25(22)32-23-3-1-2-4-24(23)33-26(37)19-5-6-19)31-21-9-7-20(8-10-21)27(38)35-14-11-18(12-15-35)13-16-36/h1-4,7-10,17-19,36H,5-6,11-16H2,(H,33,37)(H2,30,31,32,34). The van der Waals surface area contributed by atoms with Crippen molar-refractivity contribution in [2.24, 2.45) is 11.8 Å². The first-order chi connectivity index (χ1) is 18.5. The van der Waals surface area contributed by atoms with E-state index in [9.17, 15) is 9.59 Å². The highest BCUT2D eigenvalue weighted by atomic mass is 127. The number of aromatic nitrogens is 2. The Balaban J connectivity index is 1.23. The van der Waals surface area contributed by atoms with Crippen molar-refractivity contribution in [3.63, 3.8) is 0 Å². The van der Waals surface area contributed by atoms with Gasteiger partial charge in [-0.2, -0.15) is 4.98 Å². The van der Waals surface area contributed by atoms with Crippen molar-refractivity contribution in [1.29, 1.82) is 0 Å². The summed E-state index contributed by atoms with van der Waals surface area (Å²) in [4.78, 5) is 36.1. The van der Waals surface area contributed by atoms with Crippen LogP contribution in [0, 0.1) is 15.4 Å². The Labute approximate surface area is 235 Å². The van der Waals surface area contributed by atoms with E-state index in [2.05, 4.69) is 48.5 Å². The minimum atomic E-state index is 0.0310. The number of aliphatic hydroxyl groups is 1. The molecule has 4 N–H and O–H groups in total. The summed E-state index contributed by atoms with van der Waals surface area (Å²) in [6.07, 6.45) is 6.29. The molecule has 3 aromatic rings. The number of likely N-dealkylation sites (tertiary alicyclic amines) is 1. The minimum absolute atomic E-state index is 0.0310. The van der Waals surface area contributed by atoms with E-state index in [-0.39, 0.29) is 24.3 Å². The minimum Gasteiger partial charge on any atom is -0.396 e. The molecular weight excluding hydrogens is 595 g/mol. The summed E-state index contributed by atoms with van der Waals surface area (Å²) < 4.78 is 0.833. The van der Waals surface area contributed by atoms with Crippen LogP contribution in [-0.4, -0.2) is 51.5 Å². The van der Waals surface area contributed by atoms with Gasteiger partial charge in [0.1, 0.15) is 5.82 Å². The van der Waals surface area contributed by atoms with Crippen LogP contribution in [0.4, 0.5) is 28.8 Å². The second-order valence-corrected chi connectivity index (χ2v) is 10.9. The number of rotatable bonds is 9. The Kier molecular flexibility index (Phi) is 8.38. The van der Waals surface area contributed by atoms with Crippen molar-refractivity contribution in [1.82, 2.24) is 14.9 Å². The van der Waals surface area contributed by atoms with Crippen molar-refractivity contribution in [3.8, 4) is 0 Å². The number of amides is 2. The van der Waals surface area contributed by atoms with Crippen LogP contribution in [0.15, 0.2) is 54.7 Å². The number of halogens is 1. The summed E-state index contributed by atoms with van der Waals surface area (Å²) in [5, 5.41) is 18.7. The largest absolute Gasteiger partial charge is 0.396 e. The van der Waals surface area contributed by atoms with Crippen molar-refractivity contribution < 1.29 is 14.7 Å². The van der Waals surface area contributed by atoms with E-state index in [1.807, 2.05) is 53.4 Å². The van der Waals surface area contributed by atoms with E-state index in [1.165, 1.54) is 0 Å². The molecule has 0 radical (unpaired) electrons. The molecule has 1 aliphatic carbocycles. The van der Waals surface area contributed by atoms with Gasteiger partial charge in [0, 0.05) is 43.1 Å². The first kappa shape index (κ1) is 26.4. The van der Waals surface area contributed by atoms with Gasteiger partial charge in [-0.25, -0.2) is 4.98 Å². The lowest BCUT2D eigenvalue weighted by atomic mass is 9.93. The maximum Gasteiger partial charge on any atom is 0.253 e. The third kappa shape index (κ3) is 6.60. The van der Waals surface area contributed by atoms with Crippen molar-refractivity contribution in [2.75, 3.05) is 35.6 Å². The van der Waals surface area contributed by atoms with Gasteiger partial charge in [0.2, 0.25) is 11.9 Å². The molecule has 5 rings (SSSR count). The Hall–Kier alpha value is -3.25. The number of para-hydroxylation sites is 2. The SMILES string of the molecule is O=C(Nc1ccccc1Nc1nc(Nc2ccc(C(=O)N3CCC(CCO)CC3)cc2)ncc1I)C1CC1. The molecule has 0 spiro atoms. The molecule has 198 valence electrons. The summed E-state index contributed by atoms with van der Waals surface area (Å²) in [6, 6.07) is 14.9. The average molecular weight is 626 g/mol. The van der Waals surface area contributed by atoms with E-state index in [0.717, 1.165) is 60.1 Å². The van der Waals surface area contributed by atoms with Crippen LogP contribution < -0.4 is 16.0 Å². The summed E-state index contributed by atoms with van der Waals surface area (Å²) in [5.41, 5.74) is 2.89. The predicted octanol–water partition coefficient (Wildman–Crippen LogP) is 5.15. The van der Waals surface area contributed by atoms with Crippen LogP contribution in [0.2, 0.25) is 0 Å². The fourth-order valence-corrected chi connectivity index (χ4v) is 4.93. The number of nitrogens with zero attached hydrogens (tertiary/aromatic N) is 3. The van der Waals surface area contributed by atoms with Crippen LogP contribution in [0.25, 0.3) is 0 Å². The summed E-state index contributed by atoms with van der Waals surface area (Å²) in [7, 11) is 0. The molecule has 2 aromatic carbocycles. The van der Waals surface area contributed by atoms with Crippen molar-refractivity contribution in [2.45, 2.75) is 32.1 Å². The van der Waals surface area contributed by atoms with E-state index >= 15 is 0 Å². The van der Waals surface area contributed by atoms with Gasteiger partial charge >= 0.3 is 0 Å². The van der Waals surface area contributed by atoms with E-state index in [4.69, 9.17) is 5.11 Å². The molecule has 10 heteroatoms. The van der Waals surface area contributed by atoms with Gasteiger partial charge in [-0.15, -0.1) is 0 Å². The molecule has 0 atom stereocenters. The maximum absolute atomic E-state index is 12.9. The second-order valence-electron chi connectivity index (χ2n) is 9.77. The Bertz CT molecular complexity index is 1290. The van der Waals surface area contributed by atoms with Crippen molar-refractivity contribution >= 4 is 63.2 Å². The molecule has 0 bridgehead atoms. The van der Waals surface area contributed by atoms with E-state index in [1.54, 1.807) is 6.20 Å². The smallest absolute Gasteiger partial charge is 0.253 e. The molecule has 2 amide bonds. The first-order valence-corrected chi connectivity index (χ1v) is 14.0. The fraction of sp³-hybridized carbons (Fsp3) is 0.357. The van der Waals surface area contributed by atoms with Crippen LogP contribution in [0.1, 0.15) is 42.5 Å². The molecule has 2 fully saturated rings. The quantitative estimate of drug-likeness (QED) is 0.243. The molecule has 2 aliphatic rings. The number of hydrogen-bond donors (Lipinski definition) is 4. The number of anilines is 5. The Morgan fingerprint density at radius 2 is 1.68 bits per heavy atom. The molecule has 1 aliphatic heterocycles. The normalized spacial score (nSPS) is 15.7. The zero-order chi connectivity index (χ0) is 26.5. The molecule has 1 aromatic heterocycles. The lowest BCUT2D eigenvalue weighted by molar-refractivity contribution is -0.117. The molecule has 38 heavy (non-hydrogen) atoms. The van der Waals surface area contributed by atoms with E-state index in [0.29, 0.717) is 28.9 Å². The third-order valence-electron chi connectivity index (χ3n) is 6.96. The molecule has 9 nitrogen and oxygen atoms in total. The number of benzene rings is 2. The van der Waals surface area contributed by atoms with Gasteiger partial charge in [0.05, 0.1) is 14.9 Å². The lowest BCUT2D eigenvalue weighted by Gasteiger charge is -2.31. The van der Waals surface area contributed by atoms with Crippen LogP contribution in [0.5, 0.6) is 0 Å². The topological polar surface area (TPSA) is 119 Å². The van der Waals surface area contributed by atoms with Gasteiger partial charge in [0.25, 0.3) is 5.91 Å². The highest BCUT2D eigenvalue weighted by molar-refractivity contribution is 14.1. The maximum atomic E-state index is 12.9. The highest BCUT2D eigenvalue weighted by Gasteiger charge is 2.30. The molecule has 1 saturated carbocycles. The van der Waals surface area contributed by atoms with Gasteiger partial charge in [-0.3, -0.25) is 9.59 Å². The Morgan fingerprint density at radius 3 is 2.37 bits per heavy atom. The predicted molar refractivity (Wildman–Crippen MR) is 156 cm³/mol. The van der Waals surface area contributed by atoms with Crippen LogP contribution in [0.3, 0.4) is 0 Å². The number of carbonyl (C=O) groups excluding carboxylic acids is 2. The summed E-state index contributed by atoms with van der Waals surface area (Å²) >= 11 is 2.17. The zero-order valence-corrected chi connectivity index (χ0v) is 23.1. The zero-order valence-electron chi connectivity index (χ0n) is 21.0. The monoisotopic (exact) mass is 626 g/mol. The lowest BCUT2D eigenvalue weighted by Crippen LogP contribution is -2.38. The number of aliphatic hydroxyl groups excluding tert-OH is 1. The van der Waals surface area contributed by atoms with Crippen LogP contribution in [-0.2, 0) is 4.79 Å². The number of carbonyl (C=O) groups is 2. The number of hydrogen-bond acceptors (Lipinski definition) is 7. The van der Waals surface area contributed by atoms with Gasteiger partial charge in [0.15, 0.2) is 0 Å². The molecule has 2 heterocycles. The van der Waals surface area contributed by atoms with Gasteiger partial charge in [-0.1, -0.05) is 12.1 Å².